The van der Waals surface area contributed by atoms with Crippen molar-refractivity contribution in [2.75, 3.05) is 59.6 Å². The normalized spacial score (nSPS) is 28.0. The maximum atomic E-state index is 9.30. The van der Waals surface area contributed by atoms with E-state index in [1.54, 1.807) is 0 Å². The molecule has 3 N–H and O–H groups in total. The largest absolute Gasteiger partial charge is 0.396 e. The number of aliphatic hydroxyl groups excluding tert-OH is 1. The highest BCUT2D eigenvalue weighted by Crippen LogP contribution is 2.31. The Morgan fingerprint density at radius 1 is 1.42 bits per heavy atom. The van der Waals surface area contributed by atoms with Crippen LogP contribution in [0.1, 0.15) is 32.6 Å². The van der Waals surface area contributed by atoms with Crippen LogP contribution < -0.4 is 10.6 Å². The number of halogens is 1. The molecule has 2 aliphatic heterocycles. The molecule has 2 unspecified atom stereocenters. The van der Waals surface area contributed by atoms with Crippen LogP contribution in [0.3, 0.4) is 0 Å². The molecule has 0 amide bonds. The fourth-order valence-electron chi connectivity index (χ4n) is 3.64. The fraction of sp³-hybridized carbons (Fsp3) is 0.941. The van der Waals surface area contributed by atoms with Crippen molar-refractivity contribution in [3.8, 4) is 0 Å². The second-order valence-corrected chi connectivity index (χ2v) is 7.04. The van der Waals surface area contributed by atoms with Crippen molar-refractivity contribution in [3.63, 3.8) is 0 Å². The lowest BCUT2D eigenvalue weighted by molar-refractivity contribution is 0.127. The van der Waals surface area contributed by atoms with Crippen LogP contribution in [0.2, 0.25) is 0 Å². The summed E-state index contributed by atoms with van der Waals surface area (Å²) in [5, 5.41) is 16.2. The topological polar surface area (TPSA) is 69.1 Å². The number of guanidine groups is 1. The van der Waals surface area contributed by atoms with Gasteiger partial charge in [0, 0.05) is 45.3 Å². The maximum Gasteiger partial charge on any atom is 0.191 e. The number of nitrogens with zero attached hydrogens (tertiary/aromatic N) is 2. The minimum Gasteiger partial charge on any atom is -0.396 e. The summed E-state index contributed by atoms with van der Waals surface area (Å²) in [5.41, 5.74) is 0.0532. The second kappa shape index (κ2) is 11.5. The van der Waals surface area contributed by atoms with Gasteiger partial charge in [-0.2, -0.15) is 0 Å². The van der Waals surface area contributed by atoms with E-state index in [-0.39, 0.29) is 36.0 Å². The maximum absolute atomic E-state index is 9.30. The highest BCUT2D eigenvalue weighted by atomic mass is 127. The van der Waals surface area contributed by atoms with Gasteiger partial charge in [-0.1, -0.05) is 6.92 Å². The number of hydrogen-bond donors (Lipinski definition) is 3. The van der Waals surface area contributed by atoms with Gasteiger partial charge < -0.3 is 25.4 Å². The van der Waals surface area contributed by atoms with Gasteiger partial charge in [0.15, 0.2) is 5.96 Å². The van der Waals surface area contributed by atoms with E-state index < -0.39 is 0 Å². The van der Waals surface area contributed by atoms with Gasteiger partial charge in [-0.3, -0.25) is 4.99 Å². The van der Waals surface area contributed by atoms with Crippen molar-refractivity contribution in [2.45, 2.75) is 32.6 Å². The zero-order valence-electron chi connectivity index (χ0n) is 15.2. The van der Waals surface area contributed by atoms with Gasteiger partial charge in [-0.25, -0.2) is 0 Å². The molecule has 6 nitrogen and oxygen atoms in total. The molecule has 2 aliphatic rings. The average Bonchev–Trinajstić information content (AvgIpc) is 3.19. The molecule has 2 heterocycles. The molecule has 0 aliphatic carbocycles. The average molecular weight is 454 g/mol. The van der Waals surface area contributed by atoms with Gasteiger partial charge >= 0.3 is 0 Å². The molecule has 0 aromatic rings. The van der Waals surface area contributed by atoms with E-state index in [1.165, 1.54) is 32.5 Å². The van der Waals surface area contributed by atoms with Crippen molar-refractivity contribution < 1.29 is 9.84 Å². The van der Waals surface area contributed by atoms with E-state index in [1.807, 2.05) is 7.05 Å². The zero-order valence-corrected chi connectivity index (χ0v) is 17.6. The van der Waals surface area contributed by atoms with E-state index >= 15 is 0 Å². The van der Waals surface area contributed by atoms with Crippen LogP contribution in [0.15, 0.2) is 4.99 Å². The standard InChI is InChI=1S/C17H34N4O2.HI/c1-3-7-21-8-4-15(12-21)11-19-16(18-2)20-13-17(5-9-22)6-10-23-14-17;/h15,22H,3-14H2,1-2H3,(H2,18,19,20);1H. The third kappa shape index (κ3) is 6.65. The summed E-state index contributed by atoms with van der Waals surface area (Å²) in [6, 6.07) is 0. The molecule has 0 saturated carbocycles. The number of likely N-dealkylation sites (tertiary alicyclic amines) is 1. The summed E-state index contributed by atoms with van der Waals surface area (Å²) in [5.74, 6) is 1.57. The van der Waals surface area contributed by atoms with Crippen LogP contribution >= 0.6 is 24.0 Å². The Hall–Kier alpha value is -0.120. The van der Waals surface area contributed by atoms with Crippen molar-refractivity contribution in [3.05, 3.63) is 0 Å². The first-order valence-electron chi connectivity index (χ1n) is 9.07. The molecule has 0 bridgehead atoms. The summed E-state index contributed by atoms with van der Waals surface area (Å²) in [6.07, 6.45) is 4.29. The lowest BCUT2D eigenvalue weighted by atomic mass is 9.84. The number of aliphatic hydroxyl groups is 1. The van der Waals surface area contributed by atoms with Crippen LogP contribution in [-0.4, -0.2) is 75.6 Å². The van der Waals surface area contributed by atoms with Gasteiger partial charge in [0.25, 0.3) is 0 Å². The lowest BCUT2D eigenvalue weighted by Gasteiger charge is -2.28. The molecule has 2 rings (SSSR count). The van der Waals surface area contributed by atoms with Crippen molar-refractivity contribution >= 4 is 29.9 Å². The van der Waals surface area contributed by atoms with Crippen molar-refractivity contribution in [2.24, 2.45) is 16.3 Å². The van der Waals surface area contributed by atoms with E-state index in [9.17, 15) is 5.11 Å². The van der Waals surface area contributed by atoms with E-state index in [0.29, 0.717) is 5.92 Å². The first kappa shape index (κ1) is 21.9. The van der Waals surface area contributed by atoms with Gasteiger partial charge in [-0.05, 0) is 44.7 Å². The quantitative estimate of drug-likeness (QED) is 0.293. The first-order valence-corrected chi connectivity index (χ1v) is 9.07. The molecule has 7 heteroatoms. The van der Waals surface area contributed by atoms with Crippen LogP contribution in [0.5, 0.6) is 0 Å². The summed E-state index contributed by atoms with van der Waals surface area (Å²) < 4.78 is 5.54. The lowest BCUT2D eigenvalue weighted by Crippen LogP contribution is -2.45. The number of aliphatic imine (C=N–C) groups is 1. The van der Waals surface area contributed by atoms with Crippen LogP contribution in [-0.2, 0) is 4.74 Å². The smallest absolute Gasteiger partial charge is 0.191 e. The molecule has 142 valence electrons. The van der Waals surface area contributed by atoms with E-state index in [2.05, 4.69) is 27.4 Å². The minimum absolute atomic E-state index is 0. The first-order chi connectivity index (χ1) is 11.2. The number of ether oxygens (including phenoxy) is 1. The monoisotopic (exact) mass is 454 g/mol. The molecule has 2 fully saturated rings. The molecular weight excluding hydrogens is 419 g/mol. The highest BCUT2D eigenvalue weighted by Gasteiger charge is 2.34. The predicted molar refractivity (Wildman–Crippen MR) is 109 cm³/mol. The third-order valence-electron chi connectivity index (χ3n) is 5.15. The highest BCUT2D eigenvalue weighted by molar-refractivity contribution is 14.0. The Balaban J connectivity index is 0.00000288. The van der Waals surface area contributed by atoms with Crippen LogP contribution in [0, 0.1) is 11.3 Å². The molecular formula is C17H35IN4O2. The van der Waals surface area contributed by atoms with Crippen LogP contribution in [0.25, 0.3) is 0 Å². The minimum atomic E-state index is 0. The Morgan fingerprint density at radius 2 is 2.25 bits per heavy atom. The van der Waals surface area contributed by atoms with Crippen molar-refractivity contribution in [1.82, 2.24) is 15.5 Å². The second-order valence-electron chi connectivity index (χ2n) is 7.04. The summed E-state index contributed by atoms with van der Waals surface area (Å²) in [7, 11) is 1.82. The van der Waals surface area contributed by atoms with Gasteiger partial charge in [0.1, 0.15) is 0 Å². The zero-order chi connectivity index (χ0) is 16.5. The molecule has 0 aromatic heterocycles. The van der Waals surface area contributed by atoms with Crippen molar-refractivity contribution in [1.29, 1.82) is 0 Å². The summed E-state index contributed by atoms with van der Waals surface area (Å²) in [4.78, 5) is 6.88. The summed E-state index contributed by atoms with van der Waals surface area (Å²) >= 11 is 0. The summed E-state index contributed by atoms with van der Waals surface area (Å²) in [6.45, 7) is 9.40. The Kier molecular flexibility index (Phi) is 10.5. The van der Waals surface area contributed by atoms with Gasteiger partial charge in [0.2, 0.25) is 0 Å². The van der Waals surface area contributed by atoms with Crippen LogP contribution in [0.4, 0.5) is 0 Å². The molecule has 0 radical (unpaired) electrons. The molecule has 2 atom stereocenters. The Morgan fingerprint density at radius 3 is 2.88 bits per heavy atom. The number of hydrogen-bond acceptors (Lipinski definition) is 4. The molecule has 2 saturated heterocycles. The van der Waals surface area contributed by atoms with Gasteiger partial charge in [-0.15, -0.1) is 24.0 Å². The molecule has 24 heavy (non-hydrogen) atoms. The predicted octanol–water partition coefficient (Wildman–Crippen LogP) is 1.29. The molecule has 0 spiro atoms. The fourth-order valence-corrected chi connectivity index (χ4v) is 3.64. The Bertz CT molecular complexity index is 376. The third-order valence-corrected chi connectivity index (χ3v) is 5.15. The SMILES string of the molecule is CCCN1CCC(CNC(=NC)NCC2(CCO)CCOC2)C1.I. The number of rotatable bonds is 8. The van der Waals surface area contributed by atoms with E-state index in [4.69, 9.17) is 4.74 Å². The molecule has 0 aromatic carbocycles. The van der Waals surface area contributed by atoms with Gasteiger partial charge in [0.05, 0.1) is 6.61 Å². The number of nitrogens with one attached hydrogen (secondary N) is 2. The Labute approximate surface area is 163 Å². The van der Waals surface area contributed by atoms with E-state index in [0.717, 1.165) is 45.1 Å².